The molecule has 3 rings (SSSR count). The van der Waals surface area contributed by atoms with Gasteiger partial charge in [0.2, 0.25) is 5.91 Å². The highest BCUT2D eigenvalue weighted by Crippen LogP contribution is 2.23. The minimum absolute atomic E-state index is 0.0157. The van der Waals surface area contributed by atoms with E-state index < -0.39 is 11.8 Å². The number of amides is 3. The fourth-order valence-electron chi connectivity index (χ4n) is 2.87. The molecule has 0 saturated heterocycles. The van der Waals surface area contributed by atoms with Gasteiger partial charge in [0.25, 0.3) is 11.8 Å². The Bertz CT molecular complexity index is 965. The summed E-state index contributed by atoms with van der Waals surface area (Å²) in [6.07, 6.45) is 0.00764. The molecule has 1 aliphatic rings. The lowest BCUT2D eigenvalue weighted by Crippen LogP contribution is -2.19. The average Bonchev–Trinajstić information content (AvgIpc) is 2.93. The zero-order chi connectivity index (χ0) is 19.6. The number of fused-ring (bicyclic) bond motifs is 1. The fourth-order valence-corrected chi connectivity index (χ4v) is 2.87. The number of anilines is 1. The molecule has 0 unspecified atom stereocenters. The summed E-state index contributed by atoms with van der Waals surface area (Å²) in [6, 6.07) is 9.76. The zero-order valence-electron chi connectivity index (χ0n) is 14.9. The number of nitrogens with one attached hydrogen (secondary N) is 2. The molecule has 138 valence electrons. The summed E-state index contributed by atoms with van der Waals surface area (Å²) >= 11 is 0. The van der Waals surface area contributed by atoms with Crippen molar-refractivity contribution in [3.05, 3.63) is 58.7 Å². The van der Waals surface area contributed by atoms with Gasteiger partial charge in [0.15, 0.2) is 5.78 Å². The van der Waals surface area contributed by atoms with E-state index in [1.807, 2.05) is 13.0 Å². The van der Waals surface area contributed by atoms with Crippen molar-refractivity contribution in [1.82, 2.24) is 5.32 Å². The first-order valence-corrected chi connectivity index (χ1v) is 8.36. The van der Waals surface area contributed by atoms with Crippen molar-refractivity contribution < 1.29 is 23.9 Å². The Morgan fingerprint density at radius 1 is 1.00 bits per heavy atom. The van der Waals surface area contributed by atoms with Crippen LogP contribution in [0, 0.1) is 6.92 Å². The van der Waals surface area contributed by atoms with Crippen LogP contribution in [0.25, 0.3) is 0 Å². The van der Waals surface area contributed by atoms with Gasteiger partial charge in [0.05, 0.1) is 23.8 Å². The molecule has 0 saturated carbocycles. The number of hydrogen-bond acceptors (Lipinski definition) is 5. The molecule has 7 nitrogen and oxygen atoms in total. The van der Waals surface area contributed by atoms with Gasteiger partial charge in [0.1, 0.15) is 5.75 Å². The van der Waals surface area contributed by atoms with Crippen LogP contribution in [0.2, 0.25) is 0 Å². The second-order valence-electron chi connectivity index (χ2n) is 6.22. The zero-order valence-corrected chi connectivity index (χ0v) is 14.9. The van der Waals surface area contributed by atoms with Crippen LogP contribution in [-0.2, 0) is 4.79 Å². The molecule has 2 aromatic carbocycles. The summed E-state index contributed by atoms with van der Waals surface area (Å²) in [5.74, 6) is -1.03. The van der Waals surface area contributed by atoms with Crippen LogP contribution in [0.3, 0.4) is 0 Å². The van der Waals surface area contributed by atoms with Gasteiger partial charge in [-0.15, -0.1) is 0 Å². The van der Waals surface area contributed by atoms with E-state index >= 15 is 0 Å². The second kappa shape index (κ2) is 7.41. The minimum atomic E-state index is -0.493. The highest BCUT2D eigenvalue weighted by molar-refractivity contribution is 6.22. The topological polar surface area (TPSA) is 102 Å². The molecule has 0 bridgehead atoms. The quantitative estimate of drug-likeness (QED) is 0.604. The molecule has 0 aliphatic carbocycles. The summed E-state index contributed by atoms with van der Waals surface area (Å²) in [5.41, 5.74) is 2.26. The number of methoxy groups -OCH3 is 1. The van der Waals surface area contributed by atoms with Crippen LogP contribution in [0.15, 0.2) is 36.4 Å². The molecule has 0 aromatic heterocycles. The van der Waals surface area contributed by atoms with E-state index in [1.54, 1.807) is 18.2 Å². The van der Waals surface area contributed by atoms with Gasteiger partial charge in [-0.25, -0.2) is 0 Å². The molecule has 3 amide bonds. The third-order valence-corrected chi connectivity index (χ3v) is 4.25. The van der Waals surface area contributed by atoms with Crippen molar-refractivity contribution in [3.63, 3.8) is 0 Å². The van der Waals surface area contributed by atoms with Crippen molar-refractivity contribution in [2.24, 2.45) is 0 Å². The minimum Gasteiger partial charge on any atom is -0.496 e. The lowest BCUT2D eigenvalue weighted by molar-refractivity contribution is -0.116. The van der Waals surface area contributed by atoms with Crippen molar-refractivity contribution in [3.8, 4) is 5.75 Å². The number of aryl methyl sites for hydroxylation is 1. The third-order valence-electron chi connectivity index (χ3n) is 4.25. The Labute approximate surface area is 155 Å². The van der Waals surface area contributed by atoms with E-state index in [4.69, 9.17) is 4.74 Å². The molecular weight excluding hydrogens is 348 g/mol. The number of hydrogen-bond donors (Lipinski definition) is 2. The molecule has 0 spiro atoms. The normalized spacial score (nSPS) is 12.4. The molecule has 1 heterocycles. The lowest BCUT2D eigenvalue weighted by atomic mass is 10.0. The largest absolute Gasteiger partial charge is 0.496 e. The Kier molecular flexibility index (Phi) is 5.03. The van der Waals surface area contributed by atoms with Gasteiger partial charge in [0, 0.05) is 18.5 Å². The third kappa shape index (κ3) is 3.87. The average molecular weight is 366 g/mol. The Morgan fingerprint density at radius 2 is 1.74 bits per heavy atom. The molecule has 2 aromatic rings. The number of benzene rings is 2. The summed E-state index contributed by atoms with van der Waals surface area (Å²) in [5, 5.41) is 4.83. The van der Waals surface area contributed by atoms with Crippen LogP contribution >= 0.6 is 0 Å². The van der Waals surface area contributed by atoms with Gasteiger partial charge in [-0.05, 0) is 37.3 Å². The van der Waals surface area contributed by atoms with Crippen molar-refractivity contribution in [2.45, 2.75) is 19.8 Å². The number of carbonyl (C=O) groups excluding carboxylic acids is 4. The molecule has 0 atom stereocenters. The standard InChI is InChI=1S/C20H18N2O5/c1-11-3-7-17(27-2)15(9-11)16(23)6-8-18(24)21-12-4-5-13-14(10-12)20(26)22-19(13)25/h3-5,7,9-10H,6,8H2,1-2H3,(H,21,24)(H,22,25,26). The molecule has 0 fully saturated rings. The first-order chi connectivity index (χ1) is 12.9. The maximum Gasteiger partial charge on any atom is 0.259 e. The van der Waals surface area contributed by atoms with Crippen LogP contribution in [0.1, 0.15) is 49.5 Å². The smallest absolute Gasteiger partial charge is 0.259 e. The number of carbonyl (C=O) groups is 4. The monoisotopic (exact) mass is 366 g/mol. The number of ketones is 1. The van der Waals surface area contributed by atoms with Crippen molar-refractivity contribution in [1.29, 1.82) is 0 Å². The number of rotatable bonds is 6. The first-order valence-electron chi connectivity index (χ1n) is 8.36. The van der Waals surface area contributed by atoms with Crippen LogP contribution < -0.4 is 15.4 Å². The van der Waals surface area contributed by atoms with E-state index in [9.17, 15) is 19.2 Å². The maximum atomic E-state index is 12.4. The summed E-state index contributed by atoms with van der Waals surface area (Å²) in [6.45, 7) is 1.87. The molecule has 7 heteroatoms. The SMILES string of the molecule is COc1ccc(C)cc1C(=O)CCC(=O)Nc1ccc2c(c1)C(=O)NC2=O. The van der Waals surface area contributed by atoms with E-state index in [0.29, 0.717) is 17.0 Å². The van der Waals surface area contributed by atoms with E-state index in [-0.39, 0.29) is 35.7 Å². The second-order valence-corrected chi connectivity index (χ2v) is 6.22. The Morgan fingerprint density at radius 3 is 2.48 bits per heavy atom. The van der Waals surface area contributed by atoms with E-state index in [0.717, 1.165) is 5.56 Å². The van der Waals surface area contributed by atoms with Gasteiger partial charge in [-0.2, -0.15) is 0 Å². The molecule has 27 heavy (non-hydrogen) atoms. The molecule has 2 N–H and O–H groups in total. The van der Waals surface area contributed by atoms with Crippen molar-refractivity contribution >= 4 is 29.2 Å². The summed E-state index contributed by atoms with van der Waals surface area (Å²) in [4.78, 5) is 47.8. The predicted octanol–water partition coefficient (Wildman–Crippen LogP) is 2.49. The van der Waals surface area contributed by atoms with E-state index in [1.165, 1.54) is 19.2 Å². The predicted molar refractivity (Wildman–Crippen MR) is 98.2 cm³/mol. The number of Topliss-reactive ketones (excluding diaryl/α,β-unsaturated/α-hetero) is 1. The van der Waals surface area contributed by atoms with Gasteiger partial charge >= 0.3 is 0 Å². The van der Waals surface area contributed by atoms with Gasteiger partial charge < -0.3 is 10.1 Å². The van der Waals surface area contributed by atoms with Gasteiger partial charge in [-0.1, -0.05) is 11.6 Å². The molecular formula is C20H18N2O5. The number of ether oxygens (including phenoxy) is 1. The lowest BCUT2D eigenvalue weighted by Gasteiger charge is -2.09. The van der Waals surface area contributed by atoms with Crippen LogP contribution in [0.5, 0.6) is 5.75 Å². The highest BCUT2D eigenvalue weighted by atomic mass is 16.5. The maximum absolute atomic E-state index is 12.4. The number of imide groups is 1. The first kappa shape index (κ1) is 18.3. The van der Waals surface area contributed by atoms with Crippen LogP contribution in [-0.4, -0.2) is 30.6 Å². The van der Waals surface area contributed by atoms with E-state index in [2.05, 4.69) is 10.6 Å². The molecule has 0 radical (unpaired) electrons. The fraction of sp³-hybridized carbons (Fsp3) is 0.200. The van der Waals surface area contributed by atoms with Crippen molar-refractivity contribution in [2.75, 3.05) is 12.4 Å². The van der Waals surface area contributed by atoms with Crippen LogP contribution in [0.4, 0.5) is 5.69 Å². The summed E-state index contributed by atoms with van der Waals surface area (Å²) in [7, 11) is 1.49. The Balaban J connectivity index is 1.63. The molecule has 1 aliphatic heterocycles. The Hall–Kier alpha value is -3.48. The summed E-state index contributed by atoms with van der Waals surface area (Å²) < 4.78 is 5.20. The van der Waals surface area contributed by atoms with Gasteiger partial charge in [-0.3, -0.25) is 24.5 Å². The highest BCUT2D eigenvalue weighted by Gasteiger charge is 2.26.